The minimum Gasteiger partial charge on any atom is -0.394 e. The van der Waals surface area contributed by atoms with Crippen molar-refractivity contribution in [1.29, 1.82) is 0 Å². The smallest absolute Gasteiger partial charge is 0.0644 e. The normalized spacial score (nSPS) is 21.9. The largest absolute Gasteiger partial charge is 0.394 e. The molecule has 2 N–H and O–H groups in total. The molecule has 0 amide bonds. The van der Waals surface area contributed by atoms with Crippen LogP contribution in [0, 0.1) is 5.41 Å². The van der Waals surface area contributed by atoms with E-state index in [1.54, 1.807) is 0 Å². The van der Waals surface area contributed by atoms with E-state index in [-0.39, 0.29) is 6.61 Å². The first-order valence-corrected chi connectivity index (χ1v) is 6.96. The number of hydrogen-bond donors (Lipinski definition) is 2. The van der Waals surface area contributed by atoms with E-state index in [9.17, 15) is 0 Å². The zero-order valence-electron chi connectivity index (χ0n) is 11.7. The van der Waals surface area contributed by atoms with Crippen LogP contribution in [0.5, 0.6) is 0 Å². The first-order valence-electron chi connectivity index (χ1n) is 6.96. The molecule has 4 heteroatoms. The van der Waals surface area contributed by atoms with Crippen LogP contribution in [0.4, 0.5) is 0 Å². The third-order valence-electron chi connectivity index (χ3n) is 3.71. The van der Waals surface area contributed by atoms with Crippen LogP contribution in [-0.4, -0.2) is 28.0 Å². The number of rotatable bonds is 5. The molecule has 0 bridgehead atoms. The molecule has 1 aromatic rings. The van der Waals surface area contributed by atoms with Crippen LogP contribution in [0.3, 0.4) is 0 Å². The molecule has 1 unspecified atom stereocenters. The van der Waals surface area contributed by atoms with Gasteiger partial charge in [-0.25, -0.2) is 0 Å². The van der Waals surface area contributed by atoms with E-state index in [1.165, 1.54) is 11.3 Å². The van der Waals surface area contributed by atoms with E-state index < -0.39 is 0 Å². The first-order chi connectivity index (χ1) is 8.57. The number of nitrogens with zero attached hydrogens (tertiary/aromatic N) is 2. The van der Waals surface area contributed by atoms with Gasteiger partial charge in [-0.1, -0.05) is 20.8 Å². The first kappa shape index (κ1) is 13.6. The predicted molar refractivity (Wildman–Crippen MR) is 72.4 cm³/mol. The van der Waals surface area contributed by atoms with Crippen molar-refractivity contribution in [2.24, 2.45) is 5.41 Å². The van der Waals surface area contributed by atoms with E-state index in [1.807, 2.05) is 10.9 Å². The van der Waals surface area contributed by atoms with Gasteiger partial charge in [0.05, 0.1) is 19.3 Å². The summed E-state index contributed by atoms with van der Waals surface area (Å²) in [6.07, 6.45) is 5.34. The second-order valence-electron chi connectivity index (χ2n) is 6.05. The Labute approximate surface area is 109 Å². The van der Waals surface area contributed by atoms with Crippen LogP contribution < -0.4 is 5.32 Å². The number of aromatic nitrogens is 2. The molecule has 0 fully saturated rings. The highest BCUT2D eigenvalue weighted by Gasteiger charge is 2.34. The Bertz CT molecular complexity index is 398. The van der Waals surface area contributed by atoms with E-state index in [0.717, 1.165) is 25.8 Å². The monoisotopic (exact) mass is 251 g/mol. The van der Waals surface area contributed by atoms with Gasteiger partial charge in [-0.15, -0.1) is 0 Å². The van der Waals surface area contributed by atoms with Gasteiger partial charge >= 0.3 is 0 Å². The molecule has 0 saturated heterocycles. The number of hydrogen-bond acceptors (Lipinski definition) is 3. The lowest BCUT2D eigenvalue weighted by molar-refractivity contribution is 0.238. The molecular weight excluding hydrogens is 226 g/mol. The quantitative estimate of drug-likeness (QED) is 0.840. The summed E-state index contributed by atoms with van der Waals surface area (Å²) in [6, 6.07) is 0.413. The molecule has 4 nitrogen and oxygen atoms in total. The minimum atomic E-state index is 0.154. The Morgan fingerprint density at radius 1 is 1.56 bits per heavy atom. The van der Waals surface area contributed by atoms with Crippen LogP contribution in [0.15, 0.2) is 6.20 Å². The van der Waals surface area contributed by atoms with Crippen molar-refractivity contribution in [2.75, 3.05) is 13.2 Å². The van der Waals surface area contributed by atoms with Crippen molar-refractivity contribution in [3.05, 3.63) is 17.5 Å². The Kier molecular flexibility index (Phi) is 4.07. The molecule has 2 rings (SSSR count). The molecule has 102 valence electrons. The summed E-state index contributed by atoms with van der Waals surface area (Å²) >= 11 is 0. The average molecular weight is 251 g/mol. The molecule has 1 aliphatic rings. The topological polar surface area (TPSA) is 50.1 Å². The van der Waals surface area contributed by atoms with E-state index in [4.69, 9.17) is 5.11 Å². The SMILES string of the molecule is CCCNC1CC(C)(C)Cc2c1cnn2CCO. The number of fused-ring (bicyclic) bond motifs is 1. The van der Waals surface area contributed by atoms with Crippen molar-refractivity contribution in [3.8, 4) is 0 Å². The second kappa shape index (κ2) is 5.41. The fourth-order valence-corrected chi connectivity index (χ4v) is 2.89. The molecule has 1 heterocycles. The molecule has 0 aromatic carbocycles. The molecule has 18 heavy (non-hydrogen) atoms. The summed E-state index contributed by atoms with van der Waals surface area (Å²) in [7, 11) is 0. The highest BCUT2D eigenvalue weighted by atomic mass is 16.3. The van der Waals surface area contributed by atoms with Crippen LogP contribution in [-0.2, 0) is 13.0 Å². The zero-order valence-corrected chi connectivity index (χ0v) is 11.7. The van der Waals surface area contributed by atoms with Gasteiger partial charge < -0.3 is 10.4 Å². The highest BCUT2D eigenvalue weighted by molar-refractivity contribution is 5.27. The van der Waals surface area contributed by atoms with Crippen LogP contribution >= 0.6 is 0 Å². The Morgan fingerprint density at radius 3 is 3.00 bits per heavy atom. The summed E-state index contributed by atoms with van der Waals surface area (Å²) in [4.78, 5) is 0. The maximum Gasteiger partial charge on any atom is 0.0644 e. The molecule has 1 atom stereocenters. The number of aliphatic hydroxyl groups is 1. The minimum absolute atomic E-state index is 0.154. The number of aliphatic hydroxyl groups excluding tert-OH is 1. The maximum atomic E-state index is 9.10. The van der Waals surface area contributed by atoms with E-state index >= 15 is 0 Å². The summed E-state index contributed by atoms with van der Waals surface area (Å²) in [6.45, 7) is 8.62. The Hall–Kier alpha value is -0.870. The van der Waals surface area contributed by atoms with Crippen LogP contribution in [0.25, 0.3) is 0 Å². The molecule has 0 radical (unpaired) electrons. The summed E-state index contributed by atoms with van der Waals surface area (Å²) in [5.41, 5.74) is 2.93. The standard InChI is InChI=1S/C14H25N3O/c1-4-5-15-12-8-14(2,3)9-13-11(12)10-16-17(13)6-7-18/h10,12,15,18H,4-9H2,1-3H3. The van der Waals surface area contributed by atoms with Crippen molar-refractivity contribution >= 4 is 0 Å². The van der Waals surface area contributed by atoms with Crippen LogP contribution in [0.1, 0.15) is 50.9 Å². The van der Waals surface area contributed by atoms with Crippen molar-refractivity contribution in [3.63, 3.8) is 0 Å². The molecule has 1 aliphatic carbocycles. The highest BCUT2D eigenvalue weighted by Crippen LogP contribution is 2.40. The maximum absolute atomic E-state index is 9.10. The van der Waals surface area contributed by atoms with Crippen molar-refractivity contribution in [2.45, 2.75) is 52.6 Å². The molecule has 0 spiro atoms. The Balaban J connectivity index is 2.26. The molecule has 0 saturated carbocycles. The average Bonchev–Trinajstić information content (AvgIpc) is 2.68. The molecule has 1 aromatic heterocycles. The summed E-state index contributed by atoms with van der Waals surface area (Å²) < 4.78 is 1.97. The lowest BCUT2D eigenvalue weighted by Crippen LogP contribution is -2.34. The second-order valence-corrected chi connectivity index (χ2v) is 6.05. The van der Waals surface area contributed by atoms with Gasteiger partial charge in [0.1, 0.15) is 0 Å². The lowest BCUT2D eigenvalue weighted by Gasteiger charge is -2.36. The predicted octanol–water partition coefficient (Wildman–Crippen LogP) is 1.89. The van der Waals surface area contributed by atoms with Gasteiger partial charge in [-0.05, 0) is 31.2 Å². The molecule has 0 aliphatic heterocycles. The van der Waals surface area contributed by atoms with Crippen molar-refractivity contribution < 1.29 is 5.11 Å². The van der Waals surface area contributed by atoms with Gasteiger partial charge in [0.15, 0.2) is 0 Å². The fourth-order valence-electron chi connectivity index (χ4n) is 2.89. The summed E-state index contributed by atoms with van der Waals surface area (Å²) in [5, 5.41) is 17.2. The van der Waals surface area contributed by atoms with Gasteiger partial charge in [-0.3, -0.25) is 4.68 Å². The number of nitrogens with one attached hydrogen (secondary N) is 1. The Morgan fingerprint density at radius 2 is 2.33 bits per heavy atom. The van der Waals surface area contributed by atoms with Crippen LogP contribution in [0.2, 0.25) is 0 Å². The zero-order chi connectivity index (χ0) is 13.2. The fraction of sp³-hybridized carbons (Fsp3) is 0.786. The van der Waals surface area contributed by atoms with Gasteiger partial charge in [0, 0.05) is 17.3 Å². The van der Waals surface area contributed by atoms with E-state index in [0.29, 0.717) is 18.0 Å². The third-order valence-corrected chi connectivity index (χ3v) is 3.71. The lowest BCUT2D eigenvalue weighted by atomic mass is 9.74. The van der Waals surface area contributed by atoms with Gasteiger partial charge in [0.2, 0.25) is 0 Å². The molecular formula is C14H25N3O. The van der Waals surface area contributed by atoms with Crippen molar-refractivity contribution in [1.82, 2.24) is 15.1 Å². The van der Waals surface area contributed by atoms with Gasteiger partial charge in [-0.2, -0.15) is 5.10 Å². The van der Waals surface area contributed by atoms with E-state index in [2.05, 4.69) is 31.2 Å². The summed E-state index contributed by atoms with van der Waals surface area (Å²) in [5.74, 6) is 0. The van der Waals surface area contributed by atoms with Gasteiger partial charge in [0.25, 0.3) is 0 Å². The third kappa shape index (κ3) is 2.75.